The number of nitrogens with one attached hydrogen (secondary N) is 1. The fourth-order valence-electron chi connectivity index (χ4n) is 4.11. The van der Waals surface area contributed by atoms with Gasteiger partial charge in [-0.05, 0) is 44.2 Å². The SMILES string of the molecule is O=C(O)c1cn(C2CC2)c2cc(N3CCC(NC4CC4)C3)c(F)cc2c1=O. The van der Waals surface area contributed by atoms with Crippen molar-refractivity contribution in [3.05, 3.63) is 39.9 Å². The lowest BCUT2D eigenvalue weighted by Crippen LogP contribution is -2.34. The predicted octanol–water partition coefficient (Wildman–Crippen LogP) is 2.50. The second-order valence-corrected chi connectivity index (χ2v) is 8.01. The van der Waals surface area contributed by atoms with Gasteiger partial charge in [0.05, 0.1) is 11.2 Å². The van der Waals surface area contributed by atoms with Crippen LogP contribution < -0.4 is 15.6 Å². The highest BCUT2D eigenvalue weighted by Crippen LogP contribution is 2.38. The van der Waals surface area contributed by atoms with E-state index in [1.807, 2.05) is 9.47 Å². The molecule has 1 aromatic carbocycles. The Morgan fingerprint density at radius 1 is 1.15 bits per heavy atom. The van der Waals surface area contributed by atoms with Crippen LogP contribution in [0.5, 0.6) is 0 Å². The molecule has 0 amide bonds. The van der Waals surface area contributed by atoms with Crippen LogP contribution >= 0.6 is 0 Å². The molecule has 2 aromatic rings. The molecule has 2 N–H and O–H groups in total. The first-order chi connectivity index (χ1) is 13.0. The second-order valence-electron chi connectivity index (χ2n) is 8.01. The van der Waals surface area contributed by atoms with Gasteiger partial charge in [0.25, 0.3) is 0 Å². The minimum Gasteiger partial charge on any atom is -0.477 e. The normalized spacial score (nSPS) is 22.6. The summed E-state index contributed by atoms with van der Waals surface area (Å²) >= 11 is 0. The van der Waals surface area contributed by atoms with Gasteiger partial charge in [0, 0.05) is 42.8 Å². The molecule has 7 heteroatoms. The van der Waals surface area contributed by atoms with Gasteiger partial charge in [0.15, 0.2) is 0 Å². The number of aromatic nitrogens is 1. The molecule has 0 spiro atoms. The van der Waals surface area contributed by atoms with E-state index in [9.17, 15) is 19.1 Å². The number of carboxylic acids is 1. The van der Waals surface area contributed by atoms with E-state index < -0.39 is 17.2 Å². The summed E-state index contributed by atoms with van der Waals surface area (Å²) in [6, 6.07) is 4.13. The Hall–Kier alpha value is -2.41. The van der Waals surface area contributed by atoms with Crippen molar-refractivity contribution in [3.8, 4) is 0 Å². The third kappa shape index (κ3) is 3.00. The maximum atomic E-state index is 14.9. The zero-order chi connectivity index (χ0) is 18.7. The van der Waals surface area contributed by atoms with Crippen molar-refractivity contribution in [1.82, 2.24) is 9.88 Å². The molecule has 1 unspecified atom stereocenters. The number of anilines is 1. The van der Waals surface area contributed by atoms with Gasteiger partial charge in [-0.15, -0.1) is 0 Å². The first-order valence-electron chi connectivity index (χ1n) is 9.64. The molecule has 2 saturated carbocycles. The van der Waals surface area contributed by atoms with E-state index in [2.05, 4.69) is 5.32 Å². The third-order valence-electron chi connectivity index (χ3n) is 5.85. The van der Waals surface area contributed by atoms with Gasteiger partial charge in [0.1, 0.15) is 11.4 Å². The van der Waals surface area contributed by atoms with Gasteiger partial charge in [-0.3, -0.25) is 4.79 Å². The zero-order valence-corrected chi connectivity index (χ0v) is 14.9. The summed E-state index contributed by atoms with van der Waals surface area (Å²) in [5.74, 6) is -1.73. The minimum atomic E-state index is -1.27. The van der Waals surface area contributed by atoms with Crippen molar-refractivity contribution in [3.63, 3.8) is 0 Å². The first kappa shape index (κ1) is 16.7. The predicted molar refractivity (Wildman–Crippen MR) is 100 cm³/mol. The van der Waals surface area contributed by atoms with Gasteiger partial charge in [0.2, 0.25) is 5.43 Å². The van der Waals surface area contributed by atoms with Crippen molar-refractivity contribution in [2.45, 2.75) is 50.2 Å². The smallest absolute Gasteiger partial charge is 0.341 e. The van der Waals surface area contributed by atoms with Gasteiger partial charge in [-0.1, -0.05) is 0 Å². The number of hydrogen-bond donors (Lipinski definition) is 2. The Labute approximate surface area is 155 Å². The van der Waals surface area contributed by atoms with Gasteiger partial charge >= 0.3 is 5.97 Å². The third-order valence-corrected chi connectivity index (χ3v) is 5.85. The molecule has 1 saturated heterocycles. The highest BCUT2D eigenvalue weighted by molar-refractivity contribution is 5.93. The molecule has 3 aliphatic rings. The number of carbonyl (C=O) groups is 1. The van der Waals surface area contributed by atoms with Crippen LogP contribution in [0.2, 0.25) is 0 Å². The molecule has 2 aliphatic carbocycles. The lowest BCUT2D eigenvalue weighted by molar-refractivity contribution is 0.0695. The number of halogens is 1. The van der Waals surface area contributed by atoms with Crippen LogP contribution in [0, 0.1) is 5.82 Å². The molecular weight excluding hydrogens is 349 g/mol. The van der Waals surface area contributed by atoms with Crippen LogP contribution in [0.4, 0.5) is 10.1 Å². The fraction of sp³-hybridized carbons (Fsp3) is 0.500. The molecule has 5 rings (SSSR count). The number of nitrogens with zero attached hydrogens (tertiary/aromatic N) is 2. The van der Waals surface area contributed by atoms with E-state index in [4.69, 9.17) is 0 Å². The van der Waals surface area contributed by atoms with E-state index in [0.717, 1.165) is 32.4 Å². The molecule has 6 nitrogen and oxygen atoms in total. The Bertz CT molecular complexity index is 994. The summed E-state index contributed by atoms with van der Waals surface area (Å²) < 4.78 is 16.7. The summed E-state index contributed by atoms with van der Waals surface area (Å²) in [6.45, 7) is 1.52. The quantitative estimate of drug-likeness (QED) is 0.845. The maximum Gasteiger partial charge on any atom is 0.341 e. The summed E-state index contributed by atoms with van der Waals surface area (Å²) in [4.78, 5) is 26.0. The first-order valence-corrected chi connectivity index (χ1v) is 9.64. The van der Waals surface area contributed by atoms with Crippen molar-refractivity contribution in [1.29, 1.82) is 0 Å². The molecule has 0 radical (unpaired) electrons. The molecule has 1 atom stereocenters. The van der Waals surface area contributed by atoms with Crippen molar-refractivity contribution >= 4 is 22.6 Å². The van der Waals surface area contributed by atoms with Crippen molar-refractivity contribution in [2.24, 2.45) is 0 Å². The summed E-state index contributed by atoms with van der Waals surface area (Å²) in [5, 5.41) is 13.1. The Balaban J connectivity index is 1.57. The van der Waals surface area contributed by atoms with Crippen LogP contribution in [-0.2, 0) is 0 Å². The van der Waals surface area contributed by atoms with Crippen LogP contribution in [0.3, 0.4) is 0 Å². The second kappa shape index (κ2) is 6.05. The molecule has 27 heavy (non-hydrogen) atoms. The van der Waals surface area contributed by atoms with Crippen LogP contribution in [0.1, 0.15) is 48.5 Å². The fourth-order valence-corrected chi connectivity index (χ4v) is 4.11. The lowest BCUT2D eigenvalue weighted by Gasteiger charge is -2.21. The van der Waals surface area contributed by atoms with Crippen molar-refractivity contribution < 1.29 is 14.3 Å². The van der Waals surface area contributed by atoms with E-state index in [1.165, 1.54) is 25.1 Å². The summed E-state index contributed by atoms with van der Waals surface area (Å²) in [6.07, 6.45) is 6.73. The maximum absolute atomic E-state index is 14.9. The lowest BCUT2D eigenvalue weighted by atomic mass is 10.1. The van der Waals surface area contributed by atoms with E-state index >= 15 is 0 Å². The number of fused-ring (bicyclic) bond motifs is 1. The largest absolute Gasteiger partial charge is 0.477 e. The minimum absolute atomic E-state index is 0.148. The number of rotatable bonds is 5. The number of aromatic carboxylic acids is 1. The summed E-state index contributed by atoms with van der Waals surface area (Å²) in [5.41, 5.74) is 0.216. The van der Waals surface area contributed by atoms with Gasteiger partial charge in [-0.2, -0.15) is 0 Å². The molecule has 1 aliphatic heterocycles. The summed E-state index contributed by atoms with van der Waals surface area (Å²) in [7, 11) is 0. The highest BCUT2D eigenvalue weighted by Gasteiger charge is 2.31. The zero-order valence-electron chi connectivity index (χ0n) is 14.9. The molecular formula is C20H22FN3O3. The monoisotopic (exact) mass is 371 g/mol. The Morgan fingerprint density at radius 3 is 2.59 bits per heavy atom. The molecule has 1 aromatic heterocycles. The molecule has 2 heterocycles. The van der Waals surface area contributed by atoms with E-state index in [1.54, 1.807) is 6.07 Å². The van der Waals surface area contributed by atoms with E-state index in [-0.39, 0.29) is 17.0 Å². The number of hydrogen-bond acceptors (Lipinski definition) is 4. The van der Waals surface area contributed by atoms with E-state index in [0.29, 0.717) is 23.3 Å². The molecule has 0 bridgehead atoms. The standard InChI is InChI=1S/C20H22FN3O3/c21-16-7-14-17(24(13-3-4-13)10-15(19(14)25)20(26)27)8-18(16)23-6-5-12(9-23)22-11-1-2-11/h7-8,10-13,22H,1-6,9H2,(H,26,27). The van der Waals surface area contributed by atoms with Crippen LogP contribution in [-0.4, -0.2) is 40.8 Å². The number of pyridine rings is 1. The average molecular weight is 371 g/mol. The highest BCUT2D eigenvalue weighted by atomic mass is 19.1. The van der Waals surface area contributed by atoms with Gasteiger partial charge < -0.3 is 19.9 Å². The number of carboxylic acid groups (broad SMARTS) is 1. The topological polar surface area (TPSA) is 74.6 Å². The number of benzene rings is 1. The molecule has 142 valence electrons. The van der Waals surface area contributed by atoms with Crippen LogP contribution in [0.25, 0.3) is 10.9 Å². The van der Waals surface area contributed by atoms with Crippen LogP contribution in [0.15, 0.2) is 23.1 Å². The Kier molecular flexibility index (Phi) is 3.75. The Morgan fingerprint density at radius 2 is 1.93 bits per heavy atom. The average Bonchev–Trinajstić information content (AvgIpc) is 3.55. The van der Waals surface area contributed by atoms with Gasteiger partial charge in [-0.25, -0.2) is 9.18 Å². The van der Waals surface area contributed by atoms with Crippen molar-refractivity contribution in [2.75, 3.05) is 18.0 Å². The molecule has 3 fully saturated rings.